The second kappa shape index (κ2) is 8.52. The Labute approximate surface area is 167 Å². The van der Waals surface area contributed by atoms with E-state index >= 15 is 0 Å². The van der Waals surface area contributed by atoms with E-state index in [0.717, 1.165) is 6.20 Å². The molecule has 0 spiro atoms. The van der Waals surface area contributed by atoms with Crippen LogP contribution >= 0.6 is 11.6 Å². The Kier molecular flexibility index (Phi) is 6.07. The topological polar surface area (TPSA) is 56.1 Å². The maximum Gasteiger partial charge on any atom is 0.437 e. The second-order valence-corrected chi connectivity index (χ2v) is 6.34. The fourth-order valence-corrected chi connectivity index (χ4v) is 2.71. The summed E-state index contributed by atoms with van der Waals surface area (Å²) in [5.74, 6) is -1.19. The third-order valence-electron chi connectivity index (χ3n) is 3.90. The van der Waals surface area contributed by atoms with Gasteiger partial charge in [-0.1, -0.05) is 29.8 Å². The van der Waals surface area contributed by atoms with Gasteiger partial charge in [0, 0.05) is 11.6 Å². The Bertz CT molecular complexity index is 1000. The number of carbonyl (C=O) groups excluding carboxylic acids is 1. The molecule has 10 heteroatoms. The zero-order valence-electron chi connectivity index (χ0n) is 14.7. The smallest absolute Gasteiger partial charge is 0.406 e. The van der Waals surface area contributed by atoms with Gasteiger partial charge in [0.05, 0.1) is 11.9 Å². The Hall–Kier alpha value is -3.07. The second-order valence-electron chi connectivity index (χ2n) is 5.90. The Morgan fingerprint density at radius 3 is 2.48 bits per heavy atom. The molecule has 0 aliphatic carbocycles. The van der Waals surface area contributed by atoms with Crippen LogP contribution in [0.3, 0.4) is 0 Å². The van der Waals surface area contributed by atoms with Crippen molar-refractivity contribution in [3.63, 3.8) is 0 Å². The molecule has 0 saturated heterocycles. The highest BCUT2D eigenvalue weighted by Crippen LogP contribution is 2.37. The largest absolute Gasteiger partial charge is 0.437 e. The lowest BCUT2D eigenvalue weighted by Gasteiger charge is -2.13. The fraction of sp³-hybridized carbons (Fsp3) is 0.158. The van der Waals surface area contributed by atoms with E-state index < -0.39 is 29.5 Å². The number of halogens is 5. The van der Waals surface area contributed by atoms with Crippen molar-refractivity contribution in [3.8, 4) is 11.4 Å². The molecule has 1 N–H and O–H groups in total. The van der Waals surface area contributed by atoms with E-state index in [9.17, 15) is 22.4 Å². The van der Waals surface area contributed by atoms with Crippen molar-refractivity contribution in [3.05, 3.63) is 76.8 Å². The molecule has 152 valence electrons. The molecule has 3 rings (SSSR count). The van der Waals surface area contributed by atoms with Crippen molar-refractivity contribution in [1.29, 1.82) is 0 Å². The average molecular weight is 428 g/mol. The van der Waals surface area contributed by atoms with E-state index in [-0.39, 0.29) is 18.7 Å². The van der Waals surface area contributed by atoms with Crippen molar-refractivity contribution in [2.24, 2.45) is 0 Å². The van der Waals surface area contributed by atoms with Crippen molar-refractivity contribution in [2.45, 2.75) is 12.6 Å². The quantitative estimate of drug-likeness (QED) is 0.582. The van der Waals surface area contributed by atoms with Crippen molar-refractivity contribution >= 4 is 17.7 Å². The molecule has 1 heterocycles. The predicted molar refractivity (Wildman–Crippen MR) is 97.7 cm³/mol. The number of amides is 1. The molecule has 0 unspecified atom stereocenters. The maximum absolute atomic E-state index is 13.5. The van der Waals surface area contributed by atoms with Gasteiger partial charge in [-0.25, -0.2) is 13.9 Å². The van der Waals surface area contributed by atoms with Gasteiger partial charge in [0.1, 0.15) is 5.82 Å². The third-order valence-corrected chi connectivity index (χ3v) is 4.15. The van der Waals surface area contributed by atoms with Gasteiger partial charge in [0.2, 0.25) is 0 Å². The van der Waals surface area contributed by atoms with Crippen LogP contribution in [0.4, 0.5) is 22.4 Å². The van der Waals surface area contributed by atoms with E-state index in [0.29, 0.717) is 15.3 Å². The molecule has 0 radical (unpaired) electrons. The van der Waals surface area contributed by atoms with Crippen LogP contribution < -0.4 is 10.1 Å². The standard InChI is InChI=1S/C19H14ClF4N3O2/c20-13-5-7-14(8-6-13)27-17(19(22,23)24)16(11-26-27)29-18(28)25-10-9-12-3-1-2-4-15(12)21/h1-8,11H,9-10H2,(H,25,28). The van der Waals surface area contributed by atoms with Crippen LogP contribution in [-0.4, -0.2) is 22.4 Å². The number of nitrogens with one attached hydrogen (secondary N) is 1. The lowest BCUT2D eigenvalue weighted by atomic mass is 10.1. The van der Waals surface area contributed by atoms with Gasteiger partial charge in [0.25, 0.3) is 0 Å². The van der Waals surface area contributed by atoms with Crippen molar-refractivity contribution in [2.75, 3.05) is 6.54 Å². The minimum Gasteiger partial charge on any atom is -0.406 e. The van der Waals surface area contributed by atoms with Gasteiger partial charge >= 0.3 is 12.3 Å². The number of hydrogen-bond donors (Lipinski definition) is 1. The third kappa shape index (κ3) is 5.05. The van der Waals surface area contributed by atoms with Crippen LogP contribution in [0.5, 0.6) is 5.75 Å². The number of rotatable bonds is 5. The van der Waals surface area contributed by atoms with Gasteiger partial charge < -0.3 is 10.1 Å². The predicted octanol–water partition coefficient (Wildman–Crippen LogP) is 5.01. The molecule has 0 fully saturated rings. The first-order valence-corrected chi connectivity index (χ1v) is 8.74. The number of ether oxygens (including phenoxy) is 1. The van der Waals surface area contributed by atoms with E-state index in [4.69, 9.17) is 16.3 Å². The minimum atomic E-state index is -4.83. The number of carbonyl (C=O) groups is 1. The summed E-state index contributed by atoms with van der Waals surface area (Å²) < 4.78 is 59.6. The highest BCUT2D eigenvalue weighted by atomic mass is 35.5. The fourth-order valence-electron chi connectivity index (χ4n) is 2.58. The van der Waals surface area contributed by atoms with E-state index in [1.54, 1.807) is 12.1 Å². The van der Waals surface area contributed by atoms with E-state index in [1.165, 1.54) is 36.4 Å². The number of benzene rings is 2. The summed E-state index contributed by atoms with van der Waals surface area (Å²) >= 11 is 5.75. The summed E-state index contributed by atoms with van der Waals surface area (Å²) in [7, 11) is 0. The number of hydrogen-bond acceptors (Lipinski definition) is 3. The first-order valence-electron chi connectivity index (χ1n) is 8.36. The van der Waals surface area contributed by atoms with Gasteiger partial charge in [0.15, 0.2) is 11.4 Å². The Balaban J connectivity index is 1.72. The van der Waals surface area contributed by atoms with E-state index in [2.05, 4.69) is 10.4 Å². The molecule has 0 saturated carbocycles. The Morgan fingerprint density at radius 2 is 1.83 bits per heavy atom. The van der Waals surface area contributed by atoms with Crippen LogP contribution in [-0.2, 0) is 12.6 Å². The van der Waals surface area contributed by atoms with Crippen molar-refractivity contribution in [1.82, 2.24) is 15.1 Å². The molecule has 0 atom stereocenters. The lowest BCUT2D eigenvalue weighted by molar-refractivity contribution is -0.143. The molecule has 0 bridgehead atoms. The molecular formula is C19H14ClF4N3O2. The summed E-state index contributed by atoms with van der Waals surface area (Å²) in [5.41, 5.74) is -0.792. The van der Waals surface area contributed by atoms with Gasteiger partial charge in [-0.2, -0.15) is 18.3 Å². The molecule has 1 aromatic heterocycles. The van der Waals surface area contributed by atoms with Crippen LogP contribution in [0.25, 0.3) is 5.69 Å². The summed E-state index contributed by atoms with van der Waals surface area (Å²) in [6.07, 6.45) is -4.99. The summed E-state index contributed by atoms with van der Waals surface area (Å²) in [4.78, 5) is 11.9. The van der Waals surface area contributed by atoms with Gasteiger partial charge in [-0.05, 0) is 42.3 Å². The molecule has 1 amide bonds. The van der Waals surface area contributed by atoms with Crippen molar-refractivity contribution < 1.29 is 27.1 Å². The molecular weight excluding hydrogens is 414 g/mol. The molecule has 29 heavy (non-hydrogen) atoms. The highest BCUT2D eigenvalue weighted by molar-refractivity contribution is 6.30. The van der Waals surface area contributed by atoms with Crippen LogP contribution in [0.2, 0.25) is 5.02 Å². The Morgan fingerprint density at radius 1 is 1.14 bits per heavy atom. The molecule has 0 aliphatic heterocycles. The number of alkyl halides is 3. The van der Waals surface area contributed by atoms with E-state index in [1.807, 2.05) is 0 Å². The minimum absolute atomic E-state index is 0.0214. The SMILES string of the molecule is O=C(NCCc1ccccc1F)Oc1cnn(-c2ccc(Cl)cc2)c1C(F)(F)F. The van der Waals surface area contributed by atoms with Gasteiger partial charge in [-0.3, -0.25) is 0 Å². The molecule has 0 aliphatic rings. The average Bonchev–Trinajstić information content (AvgIpc) is 3.08. The monoisotopic (exact) mass is 427 g/mol. The summed E-state index contributed by atoms with van der Waals surface area (Å²) in [6.45, 7) is -0.0214. The molecule has 3 aromatic rings. The summed E-state index contributed by atoms with van der Waals surface area (Å²) in [6, 6.07) is 11.5. The van der Waals surface area contributed by atoms with Gasteiger partial charge in [-0.15, -0.1) is 0 Å². The van der Waals surface area contributed by atoms with Crippen LogP contribution in [0, 0.1) is 5.82 Å². The van der Waals surface area contributed by atoms with Crippen LogP contribution in [0.1, 0.15) is 11.3 Å². The molecule has 2 aromatic carbocycles. The maximum atomic E-state index is 13.5. The lowest BCUT2D eigenvalue weighted by Crippen LogP contribution is -2.29. The highest BCUT2D eigenvalue weighted by Gasteiger charge is 2.40. The first kappa shape index (κ1) is 20.7. The zero-order chi connectivity index (χ0) is 21.0. The number of nitrogens with zero attached hydrogens (tertiary/aromatic N) is 2. The normalized spacial score (nSPS) is 11.3. The molecule has 5 nitrogen and oxygen atoms in total. The van der Waals surface area contributed by atoms with Crippen LogP contribution in [0.15, 0.2) is 54.7 Å². The first-order chi connectivity index (χ1) is 13.8. The summed E-state index contributed by atoms with van der Waals surface area (Å²) in [5, 5.41) is 6.31. The zero-order valence-corrected chi connectivity index (χ0v) is 15.5. The number of aromatic nitrogens is 2.